The number of Topliss-reactive ketones (excluding diaryl/α,β-unsaturated/α-hetero) is 1. The van der Waals surface area contributed by atoms with Crippen LogP contribution in [-0.4, -0.2) is 40.6 Å². The van der Waals surface area contributed by atoms with Gasteiger partial charge in [0.05, 0.1) is 0 Å². The number of imide groups is 1. The molecular weight excluding hydrogens is 334 g/mol. The molecule has 3 rings (SSSR count). The minimum absolute atomic E-state index is 0.0690. The molecule has 1 aromatic rings. The van der Waals surface area contributed by atoms with Crippen LogP contribution in [0.5, 0.6) is 0 Å². The molecule has 0 bridgehead atoms. The lowest BCUT2D eigenvalue weighted by atomic mass is 9.98. The summed E-state index contributed by atoms with van der Waals surface area (Å²) in [5.74, 6) is -0.441. The van der Waals surface area contributed by atoms with Gasteiger partial charge in [-0.25, -0.2) is 4.79 Å². The molecule has 1 heterocycles. The van der Waals surface area contributed by atoms with Crippen LogP contribution in [0.1, 0.15) is 55.8 Å². The third kappa shape index (κ3) is 3.61. The Balaban J connectivity index is 1.49. The monoisotopic (exact) mass is 357 g/mol. The van der Waals surface area contributed by atoms with E-state index in [1.54, 1.807) is 24.3 Å². The molecule has 1 saturated heterocycles. The van der Waals surface area contributed by atoms with Gasteiger partial charge in [-0.15, -0.1) is 0 Å². The third-order valence-electron chi connectivity index (χ3n) is 5.04. The molecular formula is C19H23N3O4. The topological polar surface area (TPSA) is 95.6 Å². The van der Waals surface area contributed by atoms with E-state index < -0.39 is 5.54 Å². The maximum absolute atomic E-state index is 12.5. The summed E-state index contributed by atoms with van der Waals surface area (Å²) >= 11 is 0. The molecule has 138 valence electrons. The Kier molecular flexibility index (Phi) is 5.06. The van der Waals surface area contributed by atoms with Crippen LogP contribution in [0.4, 0.5) is 10.5 Å². The van der Waals surface area contributed by atoms with Crippen molar-refractivity contribution in [1.82, 2.24) is 10.2 Å². The van der Waals surface area contributed by atoms with E-state index in [-0.39, 0.29) is 36.6 Å². The quantitative estimate of drug-likeness (QED) is 0.604. The van der Waals surface area contributed by atoms with Gasteiger partial charge in [-0.05, 0) is 38.3 Å². The number of amides is 4. The zero-order chi connectivity index (χ0) is 18.7. The minimum Gasteiger partial charge on any atom is -0.326 e. The normalized spacial score (nSPS) is 18.3. The van der Waals surface area contributed by atoms with Crippen molar-refractivity contribution in [2.24, 2.45) is 0 Å². The Bertz CT molecular complexity index is 753. The van der Waals surface area contributed by atoms with E-state index >= 15 is 0 Å². The lowest BCUT2D eigenvalue weighted by Crippen LogP contribution is -2.44. The molecule has 2 aliphatic rings. The molecule has 0 unspecified atom stereocenters. The molecule has 2 fully saturated rings. The SMILES string of the molecule is CC(=O)c1cccc(NC(=O)CCCN2C(=O)NC3(CCCC3)C2=O)c1. The average Bonchev–Trinajstić information content (AvgIpc) is 3.15. The first-order valence-corrected chi connectivity index (χ1v) is 8.96. The molecule has 26 heavy (non-hydrogen) atoms. The molecule has 1 saturated carbocycles. The van der Waals surface area contributed by atoms with Gasteiger partial charge in [0, 0.05) is 24.2 Å². The largest absolute Gasteiger partial charge is 0.326 e. The predicted molar refractivity (Wildman–Crippen MR) is 95.8 cm³/mol. The summed E-state index contributed by atoms with van der Waals surface area (Å²) in [6.45, 7) is 1.70. The second kappa shape index (κ2) is 7.27. The van der Waals surface area contributed by atoms with Gasteiger partial charge in [-0.2, -0.15) is 0 Å². The number of anilines is 1. The molecule has 1 spiro atoms. The van der Waals surface area contributed by atoms with Crippen LogP contribution < -0.4 is 10.6 Å². The molecule has 1 aromatic carbocycles. The Hall–Kier alpha value is -2.70. The van der Waals surface area contributed by atoms with Gasteiger partial charge in [0.1, 0.15) is 5.54 Å². The number of carbonyl (C=O) groups is 4. The molecule has 0 aromatic heterocycles. The predicted octanol–water partition coefficient (Wildman–Crippen LogP) is 2.47. The highest BCUT2D eigenvalue weighted by molar-refractivity contribution is 6.07. The standard InChI is InChI=1S/C19H23N3O4/c1-13(23)14-6-4-7-15(12-14)20-16(24)8-5-11-22-17(25)19(21-18(22)26)9-2-3-10-19/h4,6-7,12H,2-3,5,8-11H2,1H3,(H,20,24)(H,21,26). The Morgan fingerprint density at radius 1 is 1.23 bits per heavy atom. The van der Waals surface area contributed by atoms with E-state index in [4.69, 9.17) is 0 Å². The number of hydrogen-bond donors (Lipinski definition) is 2. The molecule has 0 atom stereocenters. The number of hydrogen-bond acceptors (Lipinski definition) is 4. The molecule has 0 radical (unpaired) electrons. The lowest BCUT2D eigenvalue weighted by Gasteiger charge is -2.19. The van der Waals surface area contributed by atoms with Gasteiger partial charge in [0.2, 0.25) is 5.91 Å². The molecule has 1 aliphatic heterocycles. The van der Waals surface area contributed by atoms with Crippen LogP contribution in [0.25, 0.3) is 0 Å². The van der Waals surface area contributed by atoms with Gasteiger partial charge in [0.15, 0.2) is 5.78 Å². The highest BCUT2D eigenvalue weighted by Gasteiger charge is 2.51. The van der Waals surface area contributed by atoms with E-state index in [2.05, 4.69) is 10.6 Å². The second-order valence-corrected chi connectivity index (χ2v) is 6.96. The van der Waals surface area contributed by atoms with Crippen molar-refractivity contribution in [3.8, 4) is 0 Å². The Labute approximate surface area is 152 Å². The number of nitrogens with zero attached hydrogens (tertiary/aromatic N) is 1. The average molecular weight is 357 g/mol. The highest BCUT2D eigenvalue weighted by Crippen LogP contribution is 2.35. The molecule has 2 N–H and O–H groups in total. The summed E-state index contributed by atoms with van der Waals surface area (Å²) in [5.41, 5.74) is 0.388. The van der Waals surface area contributed by atoms with Gasteiger partial charge < -0.3 is 10.6 Å². The van der Waals surface area contributed by atoms with E-state index in [1.165, 1.54) is 11.8 Å². The van der Waals surface area contributed by atoms with Crippen molar-refractivity contribution >= 4 is 29.3 Å². The van der Waals surface area contributed by atoms with E-state index in [0.717, 1.165) is 12.8 Å². The zero-order valence-corrected chi connectivity index (χ0v) is 14.8. The first-order chi connectivity index (χ1) is 12.4. The second-order valence-electron chi connectivity index (χ2n) is 6.96. The van der Waals surface area contributed by atoms with Gasteiger partial charge in [-0.3, -0.25) is 19.3 Å². The number of benzene rings is 1. The van der Waals surface area contributed by atoms with E-state index in [1.807, 2.05) is 0 Å². The van der Waals surface area contributed by atoms with Crippen LogP contribution in [0.2, 0.25) is 0 Å². The van der Waals surface area contributed by atoms with Crippen LogP contribution in [0, 0.1) is 0 Å². The molecule has 7 heteroatoms. The summed E-state index contributed by atoms with van der Waals surface area (Å²) in [7, 11) is 0. The first-order valence-electron chi connectivity index (χ1n) is 8.96. The van der Waals surface area contributed by atoms with E-state index in [9.17, 15) is 19.2 Å². The number of rotatable bonds is 6. The van der Waals surface area contributed by atoms with Crippen molar-refractivity contribution < 1.29 is 19.2 Å². The smallest absolute Gasteiger partial charge is 0.325 e. The van der Waals surface area contributed by atoms with Crippen molar-refractivity contribution in [2.45, 2.75) is 51.0 Å². The van der Waals surface area contributed by atoms with Crippen LogP contribution >= 0.6 is 0 Å². The fourth-order valence-corrected chi connectivity index (χ4v) is 3.63. The maximum Gasteiger partial charge on any atom is 0.325 e. The summed E-state index contributed by atoms with van der Waals surface area (Å²) < 4.78 is 0. The van der Waals surface area contributed by atoms with Crippen LogP contribution in [0.15, 0.2) is 24.3 Å². The van der Waals surface area contributed by atoms with E-state index in [0.29, 0.717) is 30.5 Å². The minimum atomic E-state index is -0.702. The van der Waals surface area contributed by atoms with Gasteiger partial charge in [-0.1, -0.05) is 25.0 Å². The summed E-state index contributed by atoms with van der Waals surface area (Å²) in [5, 5.41) is 5.57. The summed E-state index contributed by atoms with van der Waals surface area (Å²) in [6, 6.07) is 6.38. The number of urea groups is 1. The third-order valence-corrected chi connectivity index (χ3v) is 5.04. The lowest BCUT2D eigenvalue weighted by molar-refractivity contribution is -0.131. The molecule has 1 aliphatic carbocycles. The number of carbonyl (C=O) groups excluding carboxylic acids is 4. The summed E-state index contributed by atoms with van der Waals surface area (Å²) in [6.07, 6.45) is 3.87. The number of ketones is 1. The highest BCUT2D eigenvalue weighted by atomic mass is 16.2. The van der Waals surface area contributed by atoms with Crippen molar-refractivity contribution in [2.75, 3.05) is 11.9 Å². The van der Waals surface area contributed by atoms with Crippen LogP contribution in [-0.2, 0) is 9.59 Å². The van der Waals surface area contributed by atoms with Crippen LogP contribution in [0.3, 0.4) is 0 Å². The zero-order valence-electron chi connectivity index (χ0n) is 14.8. The van der Waals surface area contributed by atoms with Gasteiger partial charge in [0.25, 0.3) is 5.91 Å². The first kappa shape index (κ1) is 18.1. The van der Waals surface area contributed by atoms with Crippen molar-refractivity contribution in [1.29, 1.82) is 0 Å². The Morgan fingerprint density at radius 2 is 1.96 bits per heavy atom. The Morgan fingerprint density at radius 3 is 2.65 bits per heavy atom. The van der Waals surface area contributed by atoms with Gasteiger partial charge >= 0.3 is 6.03 Å². The van der Waals surface area contributed by atoms with Crippen molar-refractivity contribution in [3.05, 3.63) is 29.8 Å². The summed E-state index contributed by atoms with van der Waals surface area (Å²) in [4.78, 5) is 49.3. The fraction of sp³-hybridized carbons (Fsp3) is 0.474. The molecule has 7 nitrogen and oxygen atoms in total. The molecule has 4 amide bonds. The fourth-order valence-electron chi connectivity index (χ4n) is 3.63. The van der Waals surface area contributed by atoms with Crippen molar-refractivity contribution in [3.63, 3.8) is 0 Å². The maximum atomic E-state index is 12.5. The number of nitrogens with one attached hydrogen (secondary N) is 2.